The van der Waals surface area contributed by atoms with Gasteiger partial charge < -0.3 is 15.6 Å². The van der Waals surface area contributed by atoms with Crippen molar-refractivity contribution in [1.29, 1.82) is 0 Å². The second-order valence-electron chi connectivity index (χ2n) is 7.92. The lowest BCUT2D eigenvalue weighted by Crippen LogP contribution is -2.49. The lowest BCUT2D eigenvalue weighted by atomic mass is 10.2. The van der Waals surface area contributed by atoms with E-state index in [1.807, 2.05) is 30.6 Å². The molecule has 1 aliphatic heterocycles. The van der Waals surface area contributed by atoms with Crippen molar-refractivity contribution in [3.05, 3.63) is 72.6 Å². The van der Waals surface area contributed by atoms with Crippen LogP contribution in [0.2, 0.25) is 0 Å². The molecule has 8 nitrogen and oxygen atoms in total. The molecule has 4 rings (SSSR count). The zero-order valence-corrected chi connectivity index (χ0v) is 18.0. The molecule has 2 amide bonds. The van der Waals surface area contributed by atoms with E-state index >= 15 is 0 Å². The summed E-state index contributed by atoms with van der Waals surface area (Å²) < 4.78 is 2.19. The second kappa shape index (κ2) is 10.2. The summed E-state index contributed by atoms with van der Waals surface area (Å²) in [7, 11) is 0. The molecular formula is C24H28N6O2. The van der Waals surface area contributed by atoms with Crippen LogP contribution in [0.1, 0.15) is 10.4 Å². The minimum Gasteiger partial charge on any atom is -0.366 e. The summed E-state index contributed by atoms with van der Waals surface area (Å²) >= 11 is 0. The normalized spacial score (nSPS) is 14.9. The Morgan fingerprint density at radius 1 is 0.906 bits per heavy atom. The highest BCUT2D eigenvalue weighted by Gasteiger charge is 2.19. The van der Waals surface area contributed by atoms with E-state index < -0.39 is 5.91 Å². The van der Waals surface area contributed by atoms with Gasteiger partial charge in [0.2, 0.25) is 11.8 Å². The Hall–Kier alpha value is -3.49. The van der Waals surface area contributed by atoms with Gasteiger partial charge in [-0.3, -0.25) is 19.4 Å². The Morgan fingerprint density at radius 3 is 2.28 bits per heavy atom. The first-order chi connectivity index (χ1) is 15.6. The van der Waals surface area contributed by atoms with Gasteiger partial charge in [0.25, 0.3) is 0 Å². The van der Waals surface area contributed by atoms with E-state index in [4.69, 9.17) is 5.73 Å². The van der Waals surface area contributed by atoms with Crippen molar-refractivity contribution in [3.8, 4) is 11.4 Å². The molecule has 1 fully saturated rings. The number of rotatable bonds is 8. The number of benzene rings is 2. The largest absolute Gasteiger partial charge is 0.366 e. The van der Waals surface area contributed by atoms with Gasteiger partial charge in [-0.2, -0.15) is 0 Å². The monoisotopic (exact) mass is 432 g/mol. The number of hydrogen-bond donors (Lipinski definition) is 2. The van der Waals surface area contributed by atoms with E-state index in [1.54, 1.807) is 24.3 Å². The van der Waals surface area contributed by atoms with Crippen molar-refractivity contribution in [1.82, 2.24) is 19.4 Å². The van der Waals surface area contributed by atoms with Gasteiger partial charge in [0.05, 0.1) is 6.54 Å². The molecule has 1 saturated heterocycles. The highest BCUT2D eigenvalue weighted by molar-refractivity contribution is 5.95. The van der Waals surface area contributed by atoms with E-state index in [0.717, 1.165) is 50.7 Å². The van der Waals surface area contributed by atoms with Gasteiger partial charge in [0.1, 0.15) is 5.82 Å². The third-order valence-corrected chi connectivity index (χ3v) is 5.69. The third-order valence-electron chi connectivity index (χ3n) is 5.69. The molecule has 0 spiro atoms. The molecule has 32 heavy (non-hydrogen) atoms. The summed E-state index contributed by atoms with van der Waals surface area (Å²) in [6.07, 6.45) is 3.87. The van der Waals surface area contributed by atoms with Crippen molar-refractivity contribution in [2.24, 2.45) is 5.73 Å². The maximum Gasteiger partial charge on any atom is 0.248 e. The highest BCUT2D eigenvalue weighted by atomic mass is 16.2. The number of anilines is 1. The quantitative estimate of drug-likeness (QED) is 0.567. The Morgan fingerprint density at radius 2 is 1.59 bits per heavy atom. The topological polar surface area (TPSA) is 96.5 Å². The first-order valence-electron chi connectivity index (χ1n) is 10.8. The average molecular weight is 433 g/mol. The molecule has 8 heteroatoms. The maximum absolute atomic E-state index is 12.4. The van der Waals surface area contributed by atoms with Crippen LogP contribution in [0.15, 0.2) is 67.0 Å². The van der Waals surface area contributed by atoms with E-state index in [-0.39, 0.29) is 5.91 Å². The molecule has 2 aromatic carbocycles. The average Bonchev–Trinajstić information content (AvgIpc) is 3.28. The number of hydrogen-bond acceptors (Lipinski definition) is 5. The standard InChI is InChI=1S/C24H28N6O2/c25-23(32)19-6-8-21(9-7-19)27-22(31)18-29-14-12-28(13-15-29)16-17-30-11-10-26-24(30)20-4-2-1-3-5-20/h1-11H,12-18H2,(H2,25,32)(H,27,31). The highest BCUT2D eigenvalue weighted by Crippen LogP contribution is 2.17. The predicted octanol–water partition coefficient (Wildman–Crippen LogP) is 1.91. The van der Waals surface area contributed by atoms with Gasteiger partial charge in [0, 0.05) is 68.5 Å². The van der Waals surface area contributed by atoms with Gasteiger partial charge in [-0.25, -0.2) is 4.98 Å². The van der Waals surface area contributed by atoms with E-state index in [0.29, 0.717) is 17.8 Å². The summed E-state index contributed by atoms with van der Waals surface area (Å²) in [5, 5.41) is 2.88. The SMILES string of the molecule is NC(=O)c1ccc(NC(=O)CN2CCN(CCn3ccnc3-c3ccccc3)CC2)cc1. The van der Waals surface area contributed by atoms with Gasteiger partial charge >= 0.3 is 0 Å². The molecule has 1 aliphatic rings. The first kappa shape index (κ1) is 21.7. The zero-order chi connectivity index (χ0) is 22.3. The second-order valence-corrected chi connectivity index (χ2v) is 7.92. The van der Waals surface area contributed by atoms with Gasteiger partial charge in [-0.05, 0) is 24.3 Å². The van der Waals surface area contributed by atoms with Crippen LogP contribution < -0.4 is 11.1 Å². The van der Waals surface area contributed by atoms with Crippen molar-refractivity contribution in [2.75, 3.05) is 44.6 Å². The van der Waals surface area contributed by atoms with E-state index in [1.165, 1.54) is 0 Å². The number of aromatic nitrogens is 2. The maximum atomic E-state index is 12.4. The van der Waals surface area contributed by atoms with Crippen LogP contribution in [0.5, 0.6) is 0 Å². The molecule has 2 heterocycles. The number of piperazine rings is 1. The molecule has 0 aliphatic carbocycles. The van der Waals surface area contributed by atoms with Crippen molar-refractivity contribution in [2.45, 2.75) is 6.54 Å². The summed E-state index contributed by atoms with van der Waals surface area (Å²) in [6.45, 7) is 5.73. The van der Waals surface area contributed by atoms with Crippen LogP contribution in [0, 0.1) is 0 Å². The molecule has 0 saturated carbocycles. The number of amides is 2. The van der Waals surface area contributed by atoms with E-state index in [9.17, 15) is 9.59 Å². The molecule has 0 bridgehead atoms. The summed E-state index contributed by atoms with van der Waals surface area (Å²) in [5.74, 6) is 0.450. The lowest BCUT2D eigenvalue weighted by Gasteiger charge is -2.34. The molecule has 0 unspecified atom stereocenters. The van der Waals surface area contributed by atoms with Gasteiger partial charge in [0.15, 0.2) is 0 Å². The molecule has 3 N–H and O–H groups in total. The first-order valence-corrected chi connectivity index (χ1v) is 10.8. The third kappa shape index (κ3) is 5.60. The molecule has 0 atom stereocenters. The summed E-state index contributed by atoms with van der Waals surface area (Å²) in [6, 6.07) is 16.8. The van der Waals surface area contributed by atoms with Gasteiger partial charge in [-0.1, -0.05) is 30.3 Å². The number of imidazole rings is 1. The van der Waals surface area contributed by atoms with Crippen LogP contribution in [0.3, 0.4) is 0 Å². The fourth-order valence-electron chi connectivity index (χ4n) is 3.88. The molecule has 1 aromatic heterocycles. The Bertz CT molecular complexity index is 1040. The Balaban J connectivity index is 1.21. The lowest BCUT2D eigenvalue weighted by molar-refractivity contribution is -0.117. The molecule has 0 radical (unpaired) electrons. The van der Waals surface area contributed by atoms with Crippen molar-refractivity contribution in [3.63, 3.8) is 0 Å². The number of nitrogens with one attached hydrogen (secondary N) is 1. The summed E-state index contributed by atoms with van der Waals surface area (Å²) in [5.41, 5.74) is 7.45. The van der Waals surface area contributed by atoms with Gasteiger partial charge in [-0.15, -0.1) is 0 Å². The number of carbonyl (C=O) groups excluding carboxylic acids is 2. The number of nitrogens with two attached hydrogens (primary N) is 1. The minimum absolute atomic E-state index is 0.0591. The van der Waals surface area contributed by atoms with Crippen LogP contribution in [0.25, 0.3) is 11.4 Å². The molecular weight excluding hydrogens is 404 g/mol. The Kier molecular flexibility index (Phi) is 6.94. The number of carbonyl (C=O) groups is 2. The minimum atomic E-state index is -0.481. The molecule has 166 valence electrons. The Labute approximate surface area is 187 Å². The number of primary amides is 1. The number of nitrogens with zero attached hydrogens (tertiary/aromatic N) is 4. The fraction of sp³-hybridized carbons (Fsp3) is 0.292. The van der Waals surface area contributed by atoms with Crippen LogP contribution in [-0.4, -0.2) is 70.4 Å². The van der Waals surface area contributed by atoms with Crippen molar-refractivity contribution >= 4 is 17.5 Å². The summed E-state index contributed by atoms with van der Waals surface area (Å²) in [4.78, 5) is 32.6. The smallest absolute Gasteiger partial charge is 0.248 e. The van der Waals surface area contributed by atoms with Crippen LogP contribution in [-0.2, 0) is 11.3 Å². The van der Waals surface area contributed by atoms with Crippen molar-refractivity contribution < 1.29 is 9.59 Å². The fourth-order valence-corrected chi connectivity index (χ4v) is 3.88. The predicted molar refractivity (Wildman–Crippen MR) is 124 cm³/mol. The zero-order valence-electron chi connectivity index (χ0n) is 18.0. The van der Waals surface area contributed by atoms with Crippen LogP contribution >= 0.6 is 0 Å². The van der Waals surface area contributed by atoms with E-state index in [2.05, 4.69) is 36.8 Å². The molecule has 3 aromatic rings. The van der Waals surface area contributed by atoms with Crippen LogP contribution in [0.4, 0.5) is 5.69 Å².